The molecule has 1 aromatic carbocycles. The fraction of sp³-hybridized carbons (Fsp3) is 0.417. The number of thiazole rings is 1. The number of anilines is 3. The molecule has 2 aromatic heterocycles. The Kier molecular flexibility index (Phi) is 8.45. The number of piperazine rings is 1. The second-order valence-corrected chi connectivity index (χ2v) is 9.06. The Hall–Kier alpha value is -3.28. The Morgan fingerprint density at radius 2 is 1.89 bits per heavy atom. The van der Waals surface area contributed by atoms with Gasteiger partial charge in [-0.3, -0.25) is 4.90 Å². The van der Waals surface area contributed by atoms with Gasteiger partial charge in [-0.1, -0.05) is 23.5 Å². The first-order valence-corrected chi connectivity index (χ1v) is 12.2. The first kappa shape index (κ1) is 24.8. The number of esters is 1. The summed E-state index contributed by atoms with van der Waals surface area (Å²) in [4.78, 5) is 30.1. The van der Waals surface area contributed by atoms with E-state index in [0.29, 0.717) is 34.9 Å². The summed E-state index contributed by atoms with van der Waals surface area (Å²) in [6.45, 7) is 7.67. The van der Waals surface area contributed by atoms with Crippen LogP contribution in [0, 0.1) is 6.92 Å². The molecule has 0 amide bonds. The highest BCUT2D eigenvalue weighted by molar-refractivity contribution is 7.17. The van der Waals surface area contributed by atoms with Crippen molar-refractivity contribution in [3.63, 3.8) is 0 Å². The van der Waals surface area contributed by atoms with Crippen LogP contribution in [0.3, 0.4) is 0 Å². The van der Waals surface area contributed by atoms with Gasteiger partial charge in [-0.2, -0.15) is 0 Å². The van der Waals surface area contributed by atoms with E-state index in [-0.39, 0.29) is 0 Å². The van der Waals surface area contributed by atoms with Gasteiger partial charge in [0, 0.05) is 38.8 Å². The number of hydrogen-bond acceptors (Lipinski definition) is 11. The molecule has 186 valence electrons. The average molecular weight is 499 g/mol. The molecule has 1 aliphatic heterocycles. The minimum absolute atomic E-state index is 0.404. The molecule has 1 saturated heterocycles. The number of methoxy groups -OCH3 is 2. The number of nitrogens with zero attached hydrogens (tertiary/aromatic N) is 5. The molecule has 0 atom stereocenters. The molecular weight excluding hydrogens is 468 g/mol. The fourth-order valence-corrected chi connectivity index (χ4v) is 4.46. The molecule has 11 heteroatoms. The summed E-state index contributed by atoms with van der Waals surface area (Å²) in [7, 11) is 3.02. The van der Waals surface area contributed by atoms with Gasteiger partial charge in [0.1, 0.15) is 28.1 Å². The SMILES string of the molecule is COC(=O)c1cnc(Nc2cc(N3CCN(CCOCc4ccc(OC)cc4)CC3)nc(C)n2)s1. The summed E-state index contributed by atoms with van der Waals surface area (Å²) in [5, 5.41) is 3.75. The van der Waals surface area contributed by atoms with Gasteiger partial charge in [0.15, 0.2) is 5.13 Å². The Labute approximate surface area is 208 Å². The molecule has 1 aliphatic rings. The van der Waals surface area contributed by atoms with Crippen LogP contribution >= 0.6 is 11.3 Å². The van der Waals surface area contributed by atoms with E-state index in [1.807, 2.05) is 37.3 Å². The molecule has 35 heavy (non-hydrogen) atoms. The van der Waals surface area contributed by atoms with E-state index in [2.05, 4.69) is 30.1 Å². The molecular formula is C24H30N6O4S. The van der Waals surface area contributed by atoms with Gasteiger partial charge >= 0.3 is 5.97 Å². The van der Waals surface area contributed by atoms with Crippen LogP contribution in [0.4, 0.5) is 16.8 Å². The maximum atomic E-state index is 11.7. The van der Waals surface area contributed by atoms with Crippen LogP contribution < -0.4 is 15.0 Å². The molecule has 0 bridgehead atoms. The minimum Gasteiger partial charge on any atom is -0.497 e. The second kappa shape index (κ2) is 11.9. The lowest BCUT2D eigenvalue weighted by atomic mass is 10.2. The number of benzene rings is 1. The van der Waals surface area contributed by atoms with Crippen LogP contribution in [0.2, 0.25) is 0 Å². The predicted octanol–water partition coefficient (Wildman–Crippen LogP) is 3.12. The summed E-state index contributed by atoms with van der Waals surface area (Å²) in [5.41, 5.74) is 1.14. The Balaban J connectivity index is 1.24. The molecule has 10 nitrogen and oxygen atoms in total. The largest absolute Gasteiger partial charge is 0.497 e. The van der Waals surface area contributed by atoms with Crippen molar-refractivity contribution in [3.05, 3.63) is 52.8 Å². The lowest BCUT2D eigenvalue weighted by Gasteiger charge is -2.35. The van der Waals surface area contributed by atoms with Crippen LogP contribution in [0.25, 0.3) is 0 Å². The van der Waals surface area contributed by atoms with E-state index in [4.69, 9.17) is 14.2 Å². The Bertz CT molecular complexity index is 1120. The molecule has 0 aliphatic carbocycles. The number of carbonyl (C=O) groups excluding carboxylic acids is 1. The van der Waals surface area contributed by atoms with Crippen LogP contribution in [-0.4, -0.2) is 79.4 Å². The third-order valence-electron chi connectivity index (χ3n) is 5.63. The normalized spacial score (nSPS) is 14.1. The molecule has 0 spiro atoms. The maximum Gasteiger partial charge on any atom is 0.349 e. The molecule has 1 fully saturated rings. The van der Waals surface area contributed by atoms with Gasteiger partial charge in [-0.25, -0.2) is 19.7 Å². The van der Waals surface area contributed by atoms with E-state index < -0.39 is 5.97 Å². The van der Waals surface area contributed by atoms with Crippen molar-refractivity contribution in [2.24, 2.45) is 0 Å². The highest BCUT2D eigenvalue weighted by Crippen LogP contribution is 2.24. The highest BCUT2D eigenvalue weighted by atomic mass is 32.1. The molecule has 0 radical (unpaired) electrons. The first-order chi connectivity index (χ1) is 17.0. The fourth-order valence-electron chi connectivity index (χ4n) is 3.72. The monoisotopic (exact) mass is 498 g/mol. The zero-order valence-corrected chi connectivity index (χ0v) is 21.0. The predicted molar refractivity (Wildman–Crippen MR) is 135 cm³/mol. The number of aromatic nitrogens is 3. The van der Waals surface area contributed by atoms with E-state index in [1.165, 1.54) is 24.6 Å². The molecule has 4 rings (SSSR count). The van der Waals surface area contributed by atoms with E-state index >= 15 is 0 Å². The van der Waals surface area contributed by atoms with Crippen LogP contribution in [0.15, 0.2) is 36.5 Å². The topological polar surface area (TPSA) is 102 Å². The molecule has 0 saturated carbocycles. The van der Waals surface area contributed by atoms with Gasteiger partial charge in [-0.05, 0) is 24.6 Å². The van der Waals surface area contributed by atoms with Crippen molar-refractivity contribution >= 4 is 34.1 Å². The lowest BCUT2D eigenvalue weighted by molar-refractivity contribution is 0.0606. The van der Waals surface area contributed by atoms with E-state index in [1.54, 1.807) is 7.11 Å². The van der Waals surface area contributed by atoms with Gasteiger partial charge in [-0.15, -0.1) is 0 Å². The van der Waals surface area contributed by atoms with Gasteiger partial charge in [0.25, 0.3) is 0 Å². The number of ether oxygens (including phenoxy) is 3. The number of rotatable bonds is 10. The summed E-state index contributed by atoms with van der Waals surface area (Å²) in [6.07, 6.45) is 1.49. The maximum absolute atomic E-state index is 11.7. The third-order valence-corrected chi connectivity index (χ3v) is 6.52. The number of hydrogen-bond donors (Lipinski definition) is 1. The van der Waals surface area contributed by atoms with Crippen molar-refractivity contribution in [1.29, 1.82) is 0 Å². The highest BCUT2D eigenvalue weighted by Gasteiger charge is 2.19. The standard InChI is InChI=1S/C24H30N6O4S/c1-17-26-21(28-24-25-15-20(35-24)23(31)33-3)14-22(27-17)30-10-8-29(9-11-30)12-13-34-16-18-4-6-19(32-2)7-5-18/h4-7,14-15H,8-13,16H2,1-3H3,(H,25,26,27,28). The van der Waals surface area contributed by atoms with Crippen LogP contribution in [0.1, 0.15) is 21.1 Å². The average Bonchev–Trinajstić information content (AvgIpc) is 3.35. The van der Waals surface area contributed by atoms with Crippen molar-refractivity contribution < 1.29 is 19.0 Å². The summed E-state index contributed by atoms with van der Waals surface area (Å²) in [5.74, 6) is 2.64. The van der Waals surface area contributed by atoms with Crippen molar-refractivity contribution in [2.45, 2.75) is 13.5 Å². The Morgan fingerprint density at radius 3 is 2.60 bits per heavy atom. The van der Waals surface area contributed by atoms with Gasteiger partial charge in [0.2, 0.25) is 0 Å². The molecule has 1 N–H and O–H groups in total. The van der Waals surface area contributed by atoms with Crippen LogP contribution in [0.5, 0.6) is 5.75 Å². The molecule has 3 aromatic rings. The van der Waals surface area contributed by atoms with Gasteiger partial charge in [0.05, 0.1) is 33.6 Å². The number of carbonyl (C=O) groups is 1. The quantitative estimate of drug-likeness (QED) is 0.331. The van der Waals surface area contributed by atoms with Gasteiger partial charge < -0.3 is 24.4 Å². The molecule has 0 unspecified atom stereocenters. The van der Waals surface area contributed by atoms with Crippen LogP contribution in [-0.2, 0) is 16.1 Å². The van der Waals surface area contributed by atoms with E-state index in [9.17, 15) is 4.79 Å². The van der Waals surface area contributed by atoms with Crippen molar-refractivity contribution in [1.82, 2.24) is 19.9 Å². The molecule has 3 heterocycles. The second-order valence-electron chi connectivity index (χ2n) is 8.03. The smallest absolute Gasteiger partial charge is 0.349 e. The van der Waals surface area contributed by atoms with Crippen molar-refractivity contribution in [2.75, 3.05) is 63.8 Å². The number of aryl methyl sites for hydroxylation is 1. The minimum atomic E-state index is -0.404. The lowest BCUT2D eigenvalue weighted by Crippen LogP contribution is -2.47. The van der Waals surface area contributed by atoms with Crippen molar-refractivity contribution in [3.8, 4) is 5.75 Å². The third kappa shape index (κ3) is 6.87. The Morgan fingerprint density at radius 1 is 1.11 bits per heavy atom. The summed E-state index contributed by atoms with van der Waals surface area (Å²) < 4.78 is 15.8. The summed E-state index contributed by atoms with van der Waals surface area (Å²) in [6, 6.07) is 9.86. The van der Waals surface area contributed by atoms with E-state index in [0.717, 1.165) is 49.9 Å². The number of nitrogens with one attached hydrogen (secondary N) is 1. The zero-order chi connectivity index (χ0) is 24.6. The zero-order valence-electron chi connectivity index (χ0n) is 20.2. The first-order valence-electron chi connectivity index (χ1n) is 11.4. The summed E-state index contributed by atoms with van der Waals surface area (Å²) >= 11 is 1.22.